The Morgan fingerprint density at radius 1 is 0.826 bits per heavy atom. The maximum atomic E-state index is 4.78. The zero-order valence-corrected chi connectivity index (χ0v) is 15.0. The summed E-state index contributed by atoms with van der Waals surface area (Å²) in [6.45, 7) is 12.6. The number of aliphatic imine (C=N–C) groups is 1. The van der Waals surface area contributed by atoms with Crippen LogP contribution in [0.3, 0.4) is 0 Å². The molecule has 0 fully saturated rings. The highest BCUT2D eigenvalue weighted by molar-refractivity contribution is 5.96. The lowest BCUT2D eigenvalue weighted by Gasteiger charge is -2.13. The summed E-state index contributed by atoms with van der Waals surface area (Å²) in [5, 5.41) is 3.50. The van der Waals surface area contributed by atoms with Crippen molar-refractivity contribution in [3.05, 3.63) is 70.4 Å². The van der Waals surface area contributed by atoms with Crippen molar-refractivity contribution in [3.8, 4) is 0 Å². The standard InChI is InChI=1S/C21H26N2/c1-14-9-7-10-15(2)20(14)22-18(5)13-19(6)23-21-16(3)11-8-12-17(21)4/h7-13,22H,1-6H3/b18-13-,23-19?. The van der Waals surface area contributed by atoms with Crippen molar-refractivity contribution in [2.75, 3.05) is 5.32 Å². The molecule has 0 amide bonds. The number of hydrogen-bond donors (Lipinski definition) is 1. The van der Waals surface area contributed by atoms with Crippen LogP contribution in [0.5, 0.6) is 0 Å². The van der Waals surface area contributed by atoms with Gasteiger partial charge in [-0.1, -0.05) is 36.4 Å². The minimum absolute atomic E-state index is 0.999. The fourth-order valence-corrected chi connectivity index (χ4v) is 2.75. The number of rotatable bonds is 4. The molecule has 2 heteroatoms. The minimum atomic E-state index is 0.999. The summed E-state index contributed by atoms with van der Waals surface area (Å²) in [5.41, 5.74) is 9.26. The van der Waals surface area contributed by atoms with Crippen LogP contribution in [0.1, 0.15) is 36.1 Å². The van der Waals surface area contributed by atoms with Gasteiger partial charge in [-0.05, 0) is 69.9 Å². The zero-order valence-electron chi connectivity index (χ0n) is 15.0. The molecule has 23 heavy (non-hydrogen) atoms. The maximum Gasteiger partial charge on any atom is 0.0691 e. The van der Waals surface area contributed by atoms with E-state index in [0.717, 1.165) is 17.1 Å². The quantitative estimate of drug-likeness (QED) is 0.685. The third-order valence-corrected chi connectivity index (χ3v) is 3.96. The Labute approximate surface area is 140 Å². The first kappa shape index (κ1) is 17.0. The maximum absolute atomic E-state index is 4.78. The van der Waals surface area contributed by atoms with Gasteiger partial charge in [0.25, 0.3) is 0 Å². The summed E-state index contributed by atoms with van der Waals surface area (Å²) < 4.78 is 0. The van der Waals surface area contributed by atoms with E-state index in [1.54, 1.807) is 0 Å². The van der Waals surface area contributed by atoms with E-state index in [-0.39, 0.29) is 0 Å². The number of para-hydroxylation sites is 2. The van der Waals surface area contributed by atoms with E-state index in [1.165, 1.54) is 27.9 Å². The first-order valence-electron chi connectivity index (χ1n) is 8.01. The average molecular weight is 306 g/mol. The minimum Gasteiger partial charge on any atom is -0.359 e. The average Bonchev–Trinajstić information content (AvgIpc) is 2.47. The Bertz CT molecular complexity index is 727. The number of nitrogens with zero attached hydrogens (tertiary/aromatic N) is 1. The highest BCUT2D eigenvalue weighted by atomic mass is 14.9. The van der Waals surface area contributed by atoms with E-state index in [9.17, 15) is 0 Å². The molecular formula is C21H26N2. The number of anilines is 1. The molecule has 0 unspecified atom stereocenters. The highest BCUT2D eigenvalue weighted by Gasteiger charge is 2.03. The summed E-state index contributed by atoms with van der Waals surface area (Å²) in [7, 11) is 0. The van der Waals surface area contributed by atoms with Crippen molar-refractivity contribution in [3.63, 3.8) is 0 Å². The van der Waals surface area contributed by atoms with Gasteiger partial charge in [-0.25, -0.2) is 0 Å². The van der Waals surface area contributed by atoms with E-state index < -0.39 is 0 Å². The molecule has 0 saturated carbocycles. The van der Waals surface area contributed by atoms with Crippen LogP contribution in [0, 0.1) is 27.7 Å². The van der Waals surface area contributed by atoms with Crippen LogP contribution in [0.25, 0.3) is 0 Å². The van der Waals surface area contributed by atoms with Gasteiger partial charge in [0.05, 0.1) is 5.69 Å². The lowest BCUT2D eigenvalue weighted by atomic mass is 10.1. The molecule has 1 N–H and O–H groups in total. The molecule has 0 heterocycles. The molecule has 2 aromatic rings. The van der Waals surface area contributed by atoms with Gasteiger partial charge in [-0.3, -0.25) is 4.99 Å². The fourth-order valence-electron chi connectivity index (χ4n) is 2.75. The second kappa shape index (κ2) is 7.28. The Hall–Kier alpha value is -2.35. The Morgan fingerprint density at radius 3 is 1.83 bits per heavy atom. The molecule has 0 aliphatic carbocycles. The van der Waals surface area contributed by atoms with Gasteiger partial charge in [-0.2, -0.15) is 0 Å². The van der Waals surface area contributed by atoms with Gasteiger partial charge in [0.1, 0.15) is 0 Å². The summed E-state index contributed by atoms with van der Waals surface area (Å²) in [4.78, 5) is 4.78. The topological polar surface area (TPSA) is 24.4 Å². The van der Waals surface area contributed by atoms with Crippen LogP contribution in [0.15, 0.2) is 53.2 Å². The lowest BCUT2D eigenvalue weighted by Crippen LogP contribution is -2.02. The second-order valence-corrected chi connectivity index (χ2v) is 6.21. The van der Waals surface area contributed by atoms with Crippen LogP contribution in [0.2, 0.25) is 0 Å². The van der Waals surface area contributed by atoms with Gasteiger partial charge >= 0.3 is 0 Å². The van der Waals surface area contributed by atoms with E-state index >= 15 is 0 Å². The fraction of sp³-hybridized carbons (Fsp3) is 0.286. The molecule has 2 rings (SSSR count). The van der Waals surface area contributed by atoms with Crippen molar-refractivity contribution in [1.29, 1.82) is 0 Å². The monoisotopic (exact) mass is 306 g/mol. The van der Waals surface area contributed by atoms with Gasteiger partial charge in [0.15, 0.2) is 0 Å². The van der Waals surface area contributed by atoms with Crippen molar-refractivity contribution in [1.82, 2.24) is 0 Å². The molecule has 2 aromatic carbocycles. The van der Waals surface area contributed by atoms with Gasteiger partial charge < -0.3 is 5.32 Å². The summed E-state index contributed by atoms with van der Waals surface area (Å²) in [6, 6.07) is 12.6. The van der Waals surface area contributed by atoms with Crippen LogP contribution >= 0.6 is 0 Å². The number of benzene rings is 2. The van der Waals surface area contributed by atoms with Gasteiger partial charge in [0, 0.05) is 17.1 Å². The Balaban J connectivity index is 2.25. The third-order valence-electron chi connectivity index (χ3n) is 3.96. The van der Waals surface area contributed by atoms with Crippen molar-refractivity contribution in [2.45, 2.75) is 41.5 Å². The highest BCUT2D eigenvalue weighted by Crippen LogP contribution is 2.24. The van der Waals surface area contributed by atoms with E-state index in [1.807, 2.05) is 6.92 Å². The van der Waals surface area contributed by atoms with E-state index in [4.69, 9.17) is 4.99 Å². The number of allylic oxidation sites excluding steroid dienone is 2. The van der Waals surface area contributed by atoms with Gasteiger partial charge in [0.2, 0.25) is 0 Å². The normalized spacial score (nSPS) is 12.4. The van der Waals surface area contributed by atoms with Crippen LogP contribution in [0.4, 0.5) is 11.4 Å². The molecule has 0 atom stereocenters. The Morgan fingerprint density at radius 2 is 1.30 bits per heavy atom. The molecule has 120 valence electrons. The molecule has 2 nitrogen and oxygen atoms in total. The van der Waals surface area contributed by atoms with Crippen molar-refractivity contribution in [2.24, 2.45) is 4.99 Å². The molecule has 0 aliphatic rings. The predicted octanol–water partition coefficient (Wildman–Crippen LogP) is 6.03. The number of nitrogens with one attached hydrogen (secondary N) is 1. The molecule has 0 bridgehead atoms. The Kier molecular flexibility index (Phi) is 5.38. The van der Waals surface area contributed by atoms with Crippen LogP contribution in [-0.2, 0) is 0 Å². The molecular weight excluding hydrogens is 280 g/mol. The van der Waals surface area contributed by atoms with Crippen molar-refractivity contribution >= 4 is 17.1 Å². The zero-order chi connectivity index (χ0) is 17.0. The number of aryl methyl sites for hydroxylation is 4. The second-order valence-electron chi connectivity index (χ2n) is 6.21. The van der Waals surface area contributed by atoms with E-state index in [0.29, 0.717) is 0 Å². The molecule has 0 aromatic heterocycles. The summed E-state index contributed by atoms with van der Waals surface area (Å²) in [5.74, 6) is 0. The summed E-state index contributed by atoms with van der Waals surface area (Å²) in [6.07, 6.45) is 2.10. The first-order chi connectivity index (χ1) is 10.9. The molecule has 0 spiro atoms. The summed E-state index contributed by atoms with van der Waals surface area (Å²) >= 11 is 0. The van der Waals surface area contributed by atoms with Crippen LogP contribution < -0.4 is 5.32 Å². The van der Waals surface area contributed by atoms with Gasteiger partial charge in [-0.15, -0.1) is 0 Å². The number of hydrogen-bond acceptors (Lipinski definition) is 2. The molecule has 0 saturated heterocycles. The largest absolute Gasteiger partial charge is 0.359 e. The lowest BCUT2D eigenvalue weighted by molar-refractivity contribution is 1.29. The third kappa shape index (κ3) is 4.32. The first-order valence-corrected chi connectivity index (χ1v) is 8.01. The molecule has 0 aliphatic heterocycles. The van der Waals surface area contributed by atoms with Crippen molar-refractivity contribution < 1.29 is 0 Å². The predicted molar refractivity (Wildman–Crippen MR) is 102 cm³/mol. The SMILES string of the molecule is CC(/C=C(/C)Nc1c(C)cccc1C)=Nc1c(C)cccc1C. The molecule has 0 radical (unpaired) electrons. The van der Waals surface area contributed by atoms with E-state index in [2.05, 4.69) is 82.4 Å². The smallest absolute Gasteiger partial charge is 0.0691 e. The van der Waals surface area contributed by atoms with Crippen LogP contribution in [-0.4, -0.2) is 5.71 Å².